The third-order valence-corrected chi connectivity index (χ3v) is 2.43. The minimum atomic E-state index is 0.489. The molecule has 85 valence electrons. The first-order valence-corrected chi connectivity index (χ1v) is 5.49. The Hall–Kier alpha value is -2.09. The van der Waals surface area contributed by atoms with Gasteiger partial charge < -0.3 is 4.74 Å². The third kappa shape index (κ3) is 2.53. The molecule has 0 saturated carbocycles. The molecule has 2 heteroatoms. The minimum absolute atomic E-state index is 0.489. The van der Waals surface area contributed by atoms with E-state index < -0.39 is 0 Å². The summed E-state index contributed by atoms with van der Waals surface area (Å²) in [6.07, 6.45) is 3.51. The number of ether oxygens (including phenoxy) is 1. The van der Waals surface area contributed by atoms with Crippen molar-refractivity contribution in [2.75, 3.05) is 6.61 Å². The molecule has 0 aliphatic heterocycles. The largest absolute Gasteiger partial charge is 0.489 e. The van der Waals surface area contributed by atoms with E-state index >= 15 is 0 Å². The van der Waals surface area contributed by atoms with Gasteiger partial charge in [-0.3, -0.25) is 4.98 Å². The fourth-order valence-corrected chi connectivity index (χ4v) is 1.68. The van der Waals surface area contributed by atoms with E-state index in [4.69, 9.17) is 4.74 Å². The number of pyridine rings is 1. The predicted octanol–water partition coefficient (Wildman–Crippen LogP) is 3.42. The van der Waals surface area contributed by atoms with E-state index in [1.165, 1.54) is 0 Å². The summed E-state index contributed by atoms with van der Waals surface area (Å²) in [5.74, 6) is 0.819. The van der Waals surface area contributed by atoms with Crippen molar-refractivity contribution in [3.8, 4) is 17.0 Å². The molecular formula is C15H14NO. The SMILES string of the molecule is C=CCOc1cc[c]c(C)c1-c1ccccn1. The standard InChI is InChI=1S/C15H14NO/c1-3-11-17-14-9-6-7-12(2)15(14)13-8-4-5-10-16-13/h3-6,8-10H,1,11H2,2H3. The zero-order valence-corrected chi connectivity index (χ0v) is 9.81. The van der Waals surface area contributed by atoms with Crippen molar-refractivity contribution in [3.63, 3.8) is 0 Å². The van der Waals surface area contributed by atoms with Crippen LogP contribution in [0.15, 0.2) is 49.2 Å². The van der Waals surface area contributed by atoms with Crippen molar-refractivity contribution in [3.05, 3.63) is 60.8 Å². The van der Waals surface area contributed by atoms with Gasteiger partial charge in [-0.2, -0.15) is 0 Å². The Kier molecular flexibility index (Phi) is 3.55. The van der Waals surface area contributed by atoms with Crippen LogP contribution in [0.1, 0.15) is 5.56 Å². The van der Waals surface area contributed by atoms with E-state index in [0.717, 1.165) is 22.6 Å². The molecule has 0 atom stereocenters. The van der Waals surface area contributed by atoms with Crippen molar-refractivity contribution in [1.29, 1.82) is 0 Å². The summed E-state index contributed by atoms with van der Waals surface area (Å²) in [6.45, 7) is 6.15. The number of nitrogens with zero attached hydrogens (tertiary/aromatic N) is 1. The molecule has 1 radical (unpaired) electrons. The maximum atomic E-state index is 5.64. The highest BCUT2D eigenvalue weighted by atomic mass is 16.5. The summed E-state index contributed by atoms with van der Waals surface area (Å²) in [4.78, 5) is 4.35. The minimum Gasteiger partial charge on any atom is -0.489 e. The molecule has 1 aromatic carbocycles. The normalized spacial score (nSPS) is 9.94. The fourth-order valence-electron chi connectivity index (χ4n) is 1.68. The van der Waals surface area contributed by atoms with Gasteiger partial charge in [-0.1, -0.05) is 24.8 Å². The van der Waals surface area contributed by atoms with Gasteiger partial charge in [0, 0.05) is 11.8 Å². The van der Waals surface area contributed by atoms with Crippen LogP contribution in [0, 0.1) is 13.0 Å². The van der Waals surface area contributed by atoms with Gasteiger partial charge >= 0.3 is 0 Å². The molecule has 17 heavy (non-hydrogen) atoms. The van der Waals surface area contributed by atoms with Crippen molar-refractivity contribution in [2.24, 2.45) is 0 Å². The molecule has 0 amide bonds. The molecule has 1 aromatic heterocycles. The van der Waals surface area contributed by atoms with Crippen LogP contribution in [0.4, 0.5) is 0 Å². The monoisotopic (exact) mass is 224 g/mol. The highest BCUT2D eigenvalue weighted by Gasteiger charge is 2.09. The van der Waals surface area contributed by atoms with Crippen LogP contribution in [0.25, 0.3) is 11.3 Å². The number of rotatable bonds is 4. The highest BCUT2D eigenvalue weighted by molar-refractivity contribution is 5.70. The molecule has 0 aliphatic carbocycles. The zero-order valence-electron chi connectivity index (χ0n) is 9.81. The molecule has 0 saturated heterocycles. The maximum Gasteiger partial charge on any atom is 0.129 e. The smallest absolute Gasteiger partial charge is 0.129 e. The van der Waals surface area contributed by atoms with Crippen molar-refractivity contribution >= 4 is 0 Å². The first-order chi connectivity index (χ1) is 8.33. The van der Waals surface area contributed by atoms with Gasteiger partial charge in [-0.15, -0.1) is 0 Å². The van der Waals surface area contributed by atoms with Crippen molar-refractivity contribution in [2.45, 2.75) is 6.92 Å². The molecule has 2 rings (SSSR count). The molecule has 2 nitrogen and oxygen atoms in total. The molecule has 0 bridgehead atoms. The van der Waals surface area contributed by atoms with Crippen LogP contribution in [0.5, 0.6) is 5.75 Å². The van der Waals surface area contributed by atoms with Gasteiger partial charge in [-0.05, 0) is 36.8 Å². The van der Waals surface area contributed by atoms with E-state index in [-0.39, 0.29) is 0 Å². The highest BCUT2D eigenvalue weighted by Crippen LogP contribution is 2.31. The quantitative estimate of drug-likeness (QED) is 0.742. The van der Waals surface area contributed by atoms with Crippen LogP contribution in [0.2, 0.25) is 0 Å². The van der Waals surface area contributed by atoms with Crippen molar-refractivity contribution in [1.82, 2.24) is 4.98 Å². The lowest BCUT2D eigenvalue weighted by Gasteiger charge is -2.11. The molecule has 2 aromatic rings. The Balaban J connectivity index is 2.47. The average Bonchev–Trinajstić information content (AvgIpc) is 2.37. The van der Waals surface area contributed by atoms with Gasteiger partial charge in [-0.25, -0.2) is 0 Å². The molecule has 0 spiro atoms. The summed E-state index contributed by atoms with van der Waals surface area (Å²) in [5.41, 5.74) is 2.93. The topological polar surface area (TPSA) is 22.1 Å². The van der Waals surface area contributed by atoms with E-state index in [2.05, 4.69) is 17.6 Å². The Morgan fingerprint density at radius 2 is 2.29 bits per heavy atom. The second-order valence-electron chi connectivity index (χ2n) is 3.66. The Bertz CT molecular complexity index is 506. The fraction of sp³-hybridized carbons (Fsp3) is 0.133. The second-order valence-corrected chi connectivity index (χ2v) is 3.66. The number of hydrogen-bond acceptors (Lipinski definition) is 2. The van der Waals surface area contributed by atoms with Crippen LogP contribution >= 0.6 is 0 Å². The molecule has 0 unspecified atom stereocenters. The third-order valence-electron chi connectivity index (χ3n) is 2.43. The summed E-state index contributed by atoms with van der Waals surface area (Å²) < 4.78 is 5.64. The maximum absolute atomic E-state index is 5.64. The lowest BCUT2D eigenvalue weighted by Crippen LogP contribution is -1.97. The lowest BCUT2D eigenvalue weighted by molar-refractivity contribution is 0.364. The molecular weight excluding hydrogens is 210 g/mol. The van der Waals surface area contributed by atoms with Gasteiger partial charge in [0.05, 0.1) is 5.69 Å². The molecule has 0 fully saturated rings. The van der Waals surface area contributed by atoms with E-state index in [0.29, 0.717) is 6.61 Å². The summed E-state index contributed by atoms with van der Waals surface area (Å²) in [5, 5.41) is 0. The van der Waals surface area contributed by atoms with Gasteiger partial charge in [0.15, 0.2) is 0 Å². The molecule has 0 N–H and O–H groups in total. The van der Waals surface area contributed by atoms with Gasteiger partial charge in [0.2, 0.25) is 0 Å². The zero-order chi connectivity index (χ0) is 12.1. The van der Waals surface area contributed by atoms with Gasteiger partial charge in [0.1, 0.15) is 12.4 Å². The number of aryl methyl sites for hydroxylation is 1. The summed E-state index contributed by atoms with van der Waals surface area (Å²) in [6, 6.07) is 12.8. The van der Waals surface area contributed by atoms with E-state index in [9.17, 15) is 0 Å². The van der Waals surface area contributed by atoms with E-state index in [1.807, 2.05) is 37.3 Å². The molecule has 1 heterocycles. The number of hydrogen-bond donors (Lipinski definition) is 0. The van der Waals surface area contributed by atoms with Crippen LogP contribution < -0.4 is 4.74 Å². The Morgan fingerprint density at radius 3 is 3.00 bits per heavy atom. The molecule has 0 aliphatic rings. The Morgan fingerprint density at radius 1 is 1.41 bits per heavy atom. The van der Waals surface area contributed by atoms with Crippen molar-refractivity contribution < 1.29 is 4.74 Å². The van der Waals surface area contributed by atoms with Crippen LogP contribution in [0.3, 0.4) is 0 Å². The lowest BCUT2D eigenvalue weighted by atomic mass is 10.0. The average molecular weight is 224 g/mol. The van der Waals surface area contributed by atoms with Gasteiger partial charge in [0.25, 0.3) is 0 Å². The van der Waals surface area contributed by atoms with Crippen LogP contribution in [-0.4, -0.2) is 11.6 Å². The number of aromatic nitrogens is 1. The van der Waals surface area contributed by atoms with Crippen LogP contribution in [-0.2, 0) is 0 Å². The second kappa shape index (κ2) is 5.30. The van der Waals surface area contributed by atoms with E-state index in [1.54, 1.807) is 12.3 Å². The predicted molar refractivity (Wildman–Crippen MR) is 68.9 cm³/mol. The Labute approximate surface area is 102 Å². The summed E-state index contributed by atoms with van der Waals surface area (Å²) in [7, 11) is 0. The first kappa shape index (κ1) is 11.4. The number of benzene rings is 1. The first-order valence-electron chi connectivity index (χ1n) is 5.49. The summed E-state index contributed by atoms with van der Waals surface area (Å²) >= 11 is 0.